The van der Waals surface area contributed by atoms with Gasteiger partial charge in [0.05, 0.1) is 13.2 Å². The molecule has 0 bridgehead atoms. The van der Waals surface area contributed by atoms with Crippen LogP contribution in [-0.4, -0.2) is 58.9 Å². The lowest BCUT2D eigenvalue weighted by atomic mass is 10.1. The Morgan fingerprint density at radius 1 is 1.42 bits per heavy atom. The minimum Gasteiger partial charge on any atom is -0.381 e. The van der Waals surface area contributed by atoms with Crippen molar-refractivity contribution in [2.24, 2.45) is 10.9 Å². The maximum atomic E-state index is 5.58. The minimum absolute atomic E-state index is 0.591. The predicted molar refractivity (Wildman–Crippen MR) is 103 cm³/mol. The highest BCUT2D eigenvalue weighted by Gasteiger charge is 2.24. The number of ether oxygens (including phenoxy) is 1. The van der Waals surface area contributed by atoms with Crippen molar-refractivity contribution < 1.29 is 4.74 Å². The number of nitrogens with one attached hydrogen (secondary N) is 2. The molecule has 0 spiro atoms. The second-order valence-corrected chi connectivity index (χ2v) is 6.46. The van der Waals surface area contributed by atoms with Gasteiger partial charge in [0.1, 0.15) is 6.33 Å². The van der Waals surface area contributed by atoms with Crippen LogP contribution in [0, 0.1) is 5.92 Å². The number of H-pyrrole nitrogens is 1. The predicted octanol–water partition coefficient (Wildman–Crippen LogP) is 2.30. The Morgan fingerprint density at radius 3 is 3.12 bits per heavy atom. The summed E-state index contributed by atoms with van der Waals surface area (Å²) in [7, 11) is 0. The summed E-state index contributed by atoms with van der Waals surface area (Å²) in [5.74, 6) is 2.35. The molecule has 1 unspecified atom stereocenters. The van der Waals surface area contributed by atoms with Gasteiger partial charge in [-0.2, -0.15) is 5.10 Å². The largest absolute Gasteiger partial charge is 0.381 e. The Morgan fingerprint density at radius 2 is 2.35 bits per heavy atom. The van der Waals surface area contributed by atoms with E-state index in [1.165, 1.54) is 6.33 Å². The zero-order valence-corrected chi connectivity index (χ0v) is 15.6. The van der Waals surface area contributed by atoms with E-state index in [4.69, 9.17) is 9.73 Å². The Balaban J connectivity index is 1.65. The average Bonchev–Trinajstić information content (AvgIpc) is 3.35. The van der Waals surface area contributed by atoms with Crippen LogP contribution in [0.15, 0.2) is 35.6 Å². The molecule has 26 heavy (non-hydrogen) atoms. The van der Waals surface area contributed by atoms with Gasteiger partial charge in [-0.15, -0.1) is 0 Å². The van der Waals surface area contributed by atoms with E-state index >= 15 is 0 Å². The molecule has 7 nitrogen and oxygen atoms in total. The lowest BCUT2D eigenvalue weighted by Gasteiger charge is -2.21. The number of nitrogens with zero attached hydrogens (tertiary/aromatic N) is 4. The molecule has 1 aliphatic heterocycles. The molecule has 1 aromatic heterocycles. The number of likely N-dealkylation sites (tertiary alicyclic amines) is 1. The third-order valence-corrected chi connectivity index (χ3v) is 4.50. The first-order chi connectivity index (χ1) is 12.8. The molecule has 1 saturated heterocycles. The topological polar surface area (TPSA) is 78.4 Å². The number of hydrogen-bond acceptors (Lipinski definition) is 4. The van der Waals surface area contributed by atoms with Gasteiger partial charge in [-0.3, -0.25) is 5.10 Å². The highest BCUT2D eigenvalue weighted by atomic mass is 16.5. The van der Waals surface area contributed by atoms with Gasteiger partial charge in [0.15, 0.2) is 11.8 Å². The molecule has 3 rings (SSSR count). The Labute approximate surface area is 154 Å². The van der Waals surface area contributed by atoms with Gasteiger partial charge in [-0.05, 0) is 31.9 Å². The van der Waals surface area contributed by atoms with Gasteiger partial charge >= 0.3 is 0 Å². The van der Waals surface area contributed by atoms with E-state index in [-0.39, 0.29) is 0 Å². The van der Waals surface area contributed by atoms with Crippen molar-refractivity contribution in [3.8, 4) is 11.4 Å². The van der Waals surface area contributed by atoms with Crippen LogP contribution in [0.3, 0.4) is 0 Å². The lowest BCUT2D eigenvalue weighted by molar-refractivity contribution is 0.114. The molecule has 1 aliphatic rings. The summed E-state index contributed by atoms with van der Waals surface area (Å²) in [6.07, 6.45) is 2.68. The molecule has 0 saturated carbocycles. The number of guanidine groups is 1. The Bertz CT molecular complexity index is 700. The number of aromatic amines is 1. The van der Waals surface area contributed by atoms with Gasteiger partial charge in [0, 0.05) is 37.7 Å². The first-order valence-corrected chi connectivity index (χ1v) is 9.35. The molecule has 1 fully saturated rings. The summed E-state index contributed by atoms with van der Waals surface area (Å²) in [5.41, 5.74) is 2.18. The first kappa shape index (κ1) is 18.4. The third-order valence-electron chi connectivity index (χ3n) is 4.50. The van der Waals surface area contributed by atoms with Crippen LogP contribution in [0.5, 0.6) is 0 Å². The standard InChI is InChI=1S/C19H28N6O/c1-3-20-19(25-9-8-16(12-25)13-26-4-2)21-11-15-6-5-7-17(10-15)18-22-14-23-24-18/h5-7,10,14,16H,3-4,8-9,11-13H2,1-2H3,(H,20,21)(H,22,23,24). The van der Waals surface area contributed by atoms with Crippen molar-refractivity contribution in [1.82, 2.24) is 25.4 Å². The number of rotatable bonds is 7. The SMILES string of the molecule is CCNC(=NCc1cccc(-c2ncn[nH]2)c1)N1CCC(COCC)C1. The quantitative estimate of drug-likeness (QED) is 0.588. The maximum absolute atomic E-state index is 5.58. The molecule has 2 heterocycles. The van der Waals surface area contributed by atoms with E-state index in [0.717, 1.165) is 62.2 Å². The van der Waals surface area contributed by atoms with E-state index in [0.29, 0.717) is 12.5 Å². The molecular formula is C19H28N6O. The Kier molecular flexibility index (Phi) is 6.60. The van der Waals surface area contributed by atoms with Gasteiger partial charge < -0.3 is 15.0 Å². The van der Waals surface area contributed by atoms with Gasteiger partial charge in [0.25, 0.3) is 0 Å². The number of hydrogen-bond donors (Lipinski definition) is 2. The van der Waals surface area contributed by atoms with Crippen molar-refractivity contribution in [3.63, 3.8) is 0 Å². The second kappa shape index (κ2) is 9.33. The summed E-state index contributed by atoms with van der Waals surface area (Å²) in [6.45, 7) is 9.31. The fraction of sp³-hybridized carbons (Fsp3) is 0.526. The van der Waals surface area contributed by atoms with E-state index in [1.807, 2.05) is 19.1 Å². The summed E-state index contributed by atoms with van der Waals surface area (Å²) in [6, 6.07) is 8.26. The Hall–Kier alpha value is -2.41. The van der Waals surface area contributed by atoms with Crippen LogP contribution in [0.1, 0.15) is 25.8 Å². The van der Waals surface area contributed by atoms with Gasteiger partial charge in [0.2, 0.25) is 0 Å². The maximum Gasteiger partial charge on any atom is 0.194 e. The lowest BCUT2D eigenvalue weighted by Crippen LogP contribution is -2.40. The van der Waals surface area contributed by atoms with Crippen molar-refractivity contribution in [2.45, 2.75) is 26.8 Å². The molecule has 0 amide bonds. The van der Waals surface area contributed by atoms with Crippen molar-refractivity contribution in [3.05, 3.63) is 36.2 Å². The zero-order chi connectivity index (χ0) is 18.2. The molecular weight excluding hydrogens is 328 g/mol. The smallest absolute Gasteiger partial charge is 0.194 e. The first-order valence-electron chi connectivity index (χ1n) is 9.35. The molecule has 0 aliphatic carbocycles. The van der Waals surface area contributed by atoms with Crippen LogP contribution in [0.25, 0.3) is 11.4 Å². The van der Waals surface area contributed by atoms with E-state index in [9.17, 15) is 0 Å². The van der Waals surface area contributed by atoms with Crippen LogP contribution < -0.4 is 5.32 Å². The van der Waals surface area contributed by atoms with Crippen LogP contribution in [-0.2, 0) is 11.3 Å². The molecule has 0 radical (unpaired) electrons. The van der Waals surface area contributed by atoms with Gasteiger partial charge in [-0.1, -0.05) is 18.2 Å². The summed E-state index contributed by atoms with van der Waals surface area (Å²) >= 11 is 0. The highest BCUT2D eigenvalue weighted by Crippen LogP contribution is 2.18. The zero-order valence-electron chi connectivity index (χ0n) is 15.6. The van der Waals surface area contributed by atoms with E-state index in [1.54, 1.807) is 0 Å². The fourth-order valence-corrected chi connectivity index (χ4v) is 3.20. The van der Waals surface area contributed by atoms with Crippen molar-refractivity contribution in [1.29, 1.82) is 0 Å². The van der Waals surface area contributed by atoms with E-state index < -0.39 is 0 Å². The average molecular weight is 356 g/mol. The molecule has 1 aromatic carbocycles. The monoisotopic (exact) mass is 356 g/mol. The van der Waals surface area contributed by atoms with E-state index in [2.05, 4.69) is 44.5 Å². The summed E-state index contributed by atoms with van der Waals surface area (Å²) < 4.78 is 5.58. The third kappa shape index (κ3) is 4.82. The molecule has 2 aromatic rings. The van der Waals surface area contributed by atoms with Crippen LogP contribution in [0.2, 0.25) is 0 Å². The van der Waals surface area contributed by atoms with Crippen LogP contribution in [0.4, 0.5) is 0 Å². The van der Waals surface area contributed by atoms with Crippen LogP contribution >= 0.6 is 0 Å². The summed E-state index contributed by atoms with van der Waals surface area (Å²) in [4.78, 5) is 11.4. The molecule has 1 atom stereocenters. The van der Waals surface area contributed by atoms with Gasteiger partial charge in [-0.25, -0.2) is 9.98 Å². The van der Waals surface area contributed by atoms with Crippen molar-refractivity contribution >= 4 is 5.96 Å². The minimum atomic E-state index is 0.591. The number of aromatic nitrogens is 3. The normalized spacial score (nSPS) is 17.7. The second-order valence-electron chi connectivity index (χ2n) is 6.46. The highest BCUT2D eigenvalue weighted by molar-refractivity contribution is 5.80. The summed E-state index contributed by atoms with van der Waals surface area (Å²) in [5, 5.41) is 10.2. The van der Waals surface area contributed by atoms with Crippen molar-refractivity contribution in [2.75, 3.05) is 32.8 Å². The number of benzene rings is 1. The molecule has 7 heteroatoms. The molecule has 140 valence electrons. The molecule has 2 N–H and O–H groups in total. The fourth-order valence-electron chi connectivity index (χ4n) is 3.20. The number of aliphatic imine (C=N–C) groups is 1.